The number of carbonyl (C=O) groups is 2. The Balaban J connectivity index is 1.86. The largest absolute Gasteiger partial charge is 0.390 e. The minimum atomic E-state index is -1.92. The van der Waals surface area contributed by atoms with Crippen molar-refractivity contribution in [2.75, 3.05) is 0 Å². The van der Waals surface area contributed by atoms with Gasteiger partial charge in [0.25, 0.3) is 0 Å². The second kappa shape index (κ2) is 5.38. The molecule has 2 unspecified atom stereocenters. The van der Waals surface area contributed by atoms with Gasteiger partial charge in [0.1, 0.15) is 5.60 Å². The second-order valence-electron chi connectivity index (χ2n) is 9.75. The van der Waals surface area contributed by atoms with Crippen LogP contribution in [0.15, 0.2) is 23.8 Å². The number of halogens is 1. The van der Waals surface area contributed by atoms with E-state index in [0.29, 0.717) is 19.3 Å². The molecule has 0 aliphatic heterocycles. The van der Waals surface area contributed by atoms with Gasteiger partial charge in [0.05, 0.1) is 6.10 Å². The summed E-state index contributed by atoms with van der Waals surface area (Å²) >= 11 is 0. The molecule has 0 saturated heterocycles. The van der Waals surface area contributed by atoms with Crippen LogP contribution in [0.4, 0.5) is 4.39 Å². The fourth-order valence-electron chi connectivity index (χ4n) is 7.18. The molecule has 0 heterocycles. The number of rotatable bonds is 1. The lowest BCUT2D eigenvalue weighted by atomic mass is 9.43. The highest BCUT2D eigenvalue weighted by Crippen LogP contribution is 2.70. The lowest BCUT2D eigenvalue weighted by Crippen LogP contribution is -2.69. The number of aliphatic hydroxyl groups is 2. The van der Waals surface area contributed by atoms with E-state index in [1.807, 2.05) is 13.8 Å². The molecule has 2 N–H and O–H groups in total. The van der Waals surface area contributed by atoms with Gasteiger partial charge in [-0.2, -0.15) is 0 Å². The average molecular weight is 376 g/mol. The van der Waals surface area contributed by atoms with E-state index >= 15 is 4.39 Å². The highest BCUT2D eigenvalue weighted by molar-refractivity contribution is 6.01. The van der Waals surface area contributed by atoms with E-state index in [0.717, 1.165) is 5.57 Å². The molecule has 27 heavy (non-hydrogen) atoms. The van der Waals surface area contributed by atoms with Crippen molar-refractivity contribution in [2.45, 2.75) is 70.8 Å². The standard InChI is InChI=1S/C22H29FO4/c1-12-9-17-15-6-8-21(27,13(2)24)20(15,4)11-18(26)22(17,23)19(3)7-5-14(25)10-16(12)19/h5,7,10,12,15,17-18,26-27H,6,8-9,11H2,1-4H3/t12-,15?,17?,18-,19-,20-,21-,22-/m0/s1. The van der Waals surface area contributed by atoms with Crippen molar-refractivity contribution in [3.8, 4) is 0 Å². The van der Waals surface area contributed by atoms with Crippen molar-refractivity contribution in [1.82, 2.24) is 0 Å². The zero-order valence-electron chi connectivity index (χ0n) is 16.5. The molecule has 5 heteroatoms. The highest BCUT2D eigenvalue weighted by atomic mass is 19.1. The first-order chi connectivity index (χ1) is 12.4. The van der Waals surface area contributed by atoms with Crippen molar-refractivity contribution >= 4 is 11.6 Å². The third kappa shape index (κ3) is 2.00. The molecule has 148 valence electrons. The van der Waals surface area contributed by atoms with Crippen LogP contribution in [0.25, 0.3) is 0 Å². The molecule has 4 nitrogen and oxygen atoms in total. The van der Waals surface area contributed by atoms with Crippen molar-refractivity contribution < 1.29 is 24.2 Å². The zero-order valence-corrected chi connectivity index (χ0v) is 16.5. The Morgan fingerprint density at radius 3 is 2.59 bits per heavy atom. The molecule has 0 spiro atoms. The number of ketones is 2. The molecule has 0 radical (unpaired) electrons. The van der Waals surface area contributed by atoms with E-state index in [9.17, 15) is 19.8 Å². The number of carbonyl (C=O) groups excluding carboxylic acids is 2. The van der Waals surface area contributed by atoms with E-state index in [1.54, 1.807) is 13.0 Å². The van der Waals surface area contributed by atoms with Gasteiger partial charge in [-0.1, -0.05) is 25.5 Å². The maximum absolute atomic E-state index is 16.9. The van der Waals surface area contributed by atoms with E-state index in [2.05, 4.69) is 0 Å². The van der Waals surface area contributed by atoms with Crippen molar-refractivity contribution in [3.63, 3.8) is 0 Å². The first-order valence-corrected chi connectivity index (χ1v) is 9.97. The van der Waals surface area contributed by atoms with Gasteiger partial charge in [-0.3, -0.25) is 9.59 Å². The topological polar surface area (TPSA) is 74.6 Å². The number of hydrogen-bond donors (Lipinski definition) is 2. The van der Waals surface area contributed by atoms with Crippen LogP contribution in [0.1, 0.15) is 53.4 Å². The van der Waals surface area contributed by atoms with Crippen molar-refractivity contribution in [3.05, 3.63) is 23.8 Å². The molecule has 3 saturated carbocycles. The van der Waals surface area contributed by atoms with Gasteiger partial charge < -0.3 is 10.2 Å². The highest BCUT2D eigenvalue weighted by Gasteiger charge is 2.74. The van der Waals surface area contributed by atoms with Gasteiger partial charge in [-0.25, -0.2) is 4.39 Å². The summed E-state index contributed by atoms with van der Waals surface area (Å²) in [6, 6.07) is 0. The summed E-state index contributed by atoms with van der Waals surface area (Å²) in [6.07, 6.45) is 4.68. The molecule has 3 fully saturated rings. The summed E-state index contributed by atoms with van der Waals surface area (Å²) in [5, 5.41) is 22.3. The number of hydrogen-bond acceptors (Lipinski definition) is 4. The third-order valence-electron chi connectivity index (χ3n) is 8.70. The maximum atomic E-state index is 16.9. The molecule has 0 amide bonds. The Hall–Kier alpha value is -1.33. The fourth-order valence-corrected chi connectivity index (χ4v) is 7.18. The van der Waals surface area contributed by atoms with Gasteiger partial charge in [-0.05, 0) is 63.5 Å². The Morgan fingerprint density at radius 1 is 1.30 bits per heavy atom. The summed E-state index contributed by atoms with van der Waals surface area (Å²) in [4.78, 5) is 24.2. The molecule has 8 atom stereocenters. The quantitative estimate of drug-likeness (QED) is 0.738. The molecule has 0 aromatic carbocycles. The molecule has 0 aromatic heterocycles. The van der Waals surface area contributed by atoms with E-state index in [4.69, 9.17) is 0 Å². The normalized spacial score (nSPS) is 54.0. The Bertz CT molecular complexity index is 787. The lowest BCUT2D eigenvalue weighted by Gasteiger charge is -2.63. The summed E-state index contributed by atoms with van der Waals surface area (Å²) in [5.74, 6) is -1.11. The van der Waals surface area contributed by atoms with Gasteiger partial charge >= 0.3 is 0 Å². The molecule has 0 aromatic rings. The van der Waals surface area contributed by atoms with Crippen LogP contribution in [0, 0.1) is 28.6 Å². The van der Waals surface area contributed by atoms with E-state index in [-0.39, 0.29) is 29.8 Å². The van der Waals surface area contributed by atoms with Crippen molar-refractivity contribution in [1.29, 1.82) is 0 Å². The Morgan fingerprint density at radius 2 is 1.96 bits per heavy atom. The monoisotopic (exact) mass is 376 g/mol. The third-order valence-corrected chi connectivity index (χ3v) is 8.70. The van der Waals surface area contributed by atoms with Gasteiger partial charge in [-0.15, -0.1) is 0 Å². The predicted molar refractivity (Wildman–Crippen MR) is 98.5 cm³/mol. The molecular formula is C22H29FO4. The maximum Gasteiger partial charge on any atom is 0.178 e. The van der Waals surface area contributed by atoms with Crippen LogP contribution in [0.5, 0.6) is 0 Å². The number of allylic oxidation sites excluding steroid dienone is 4. The van der Waals surface area contributed by atoms with Crippen molar-refractivity contribution in [2.24, 2.45) is 28.6 Å². The Kier molecular flexibility index (Phi) is 3.79. The average Bonchev–Trinajstić information content (AvgIpc) is 2.85. The van der Waals surface area contributed by atoms with Crippen LogP contribution in [0.3, 0.4) is 0 Å². The number of fused-ring (bicyclic) bond motifs is 5. The summed E-state index contributed by atoms with van der Waals surface area (Å²) in [5.41, 5.74) is -4.59. The SMILES string of the molecule is CC(=O)[C@@]1(O)CCC2C3C[C@H](C)C4=CC(=O)C=C[C@]4(C)[C@@]3(F)[C@@H](O)C[C@@]21C. The van der Waals surface area contributed by atoms with Crippen LogP contribution in [0.2, 0.25) is 0 Å². The van der Waals surface area contributed by atoms with Crippen LogP contribution in [-0.2, 0) is 9.59 Å². The van der Waals surface area contributed by atoms with Crippen LogP contribution >= 0.6 is 0 Å². The van der Waals surface area contributed by atoms with E-state index in [1.165, 1.54) is 19.1 Å². The smallest absolute Gasteiger partial charge is 0.178 e. The summed E-state index contributed by atoms with van der Waals surface area (Å²) in [6.45, 7) is 7.01. The number of alkyl halides is 1. The minimum Gasteiger partial charge on any atom is -0.390 e. The fraction of sp³-hybridized carbons (Fsp3) is 0.727. The molecule has 4 aliphatic carbocycles. The van der Waals surface area contributed by atoms with Gasteiger partial charge in [0.2, 0.25) is 0 Å². The summed E-state index contributed by atoms with van der Waals surface area (Å²) < 4.78 is 16.9. The molecule has 4 rings (SSSR count). The predicted octanol–water partition coefficient (Wildman–Crippen LogP) is 2.92. The first-order valence-electron chi connectivity index (χ1n) is 9.97. The molecular weight excluding hydrogens is 347 g/mol. The minimum absolute atomic E-state index is 0.00153. The lowest BCUT2D eigenvalue weighted by molar-refractivity contribution is -0.219. The van der Waals surface area contributed by atoms with Crippen LogP contribution in [-0.4, -0.2) is 39.2 Å². The number of aliphatic hydroxyl groups excluding tert-OH is 1. The molecule has 0 bridgehead atoms. The first kappa shape index (κ1) is 19.0. The van der Waals surface area contributed by atoms with Gasteiger partial charge in [0, 0.05) is 16.7 Å². The Labute approximate surface area is 159 Å². The summed E-state index contributed by atoms with van der Waals surface area (Å²) in [7, 11) is 0. The van der Waals surface area contributed by atoms with Crippen LogP contribution < -0.4 is 0 Å². The second-order valence-corrected chi connectivity index (χ2v) is 9.75. The van der Waals surface area contributed by atoms with E-state index < -0.39 is 34.1 Å². The zero-order chi connectivity index (χ0) is 20.0. The molecule has 4 aliphatic rings. The van der Waals surface area contributed by atoms with Gasteiger partial charge in [0.15, 0.2) is 17.2 Å². The number of Topliss-reactive ketones (excluding diaryl/α,β-unsaturated/α-hetero) is 1.